The normalized spacial score (nSPS) is 14.2. The van der Waals surface area contributed by atoms with Gasteiger partial charge in [0, 0.05) is 16.7 Å². The number of rotatable bonds is 6. The molecule has 6 nitrogen and oxygen atoms in total. The summed E-state index contributed by atoms with van der Waals surface area (Å²) in [5.41, 5.74) is 14.0. The van der Waals surface area contributed by atoms with Gasteiger partial charge in [0.05, 0.1) is 10.6 Å². The van der Waals surface area contributed by atoms with Crippen LogP contribution in [0.25, 0.3) is 66.8 Å². The van der Waals surface area contributed by atoms with Gasteiger partial charge in [-0.25, -0.2) is 0 Å². The van der Waals surface area contributed by atoms with Crippen LogP contribution in [0, 0.1) is 0 Å². The third-order valence-corrected chi connectivity index (χ3v) is 17.9. The molecule has 408 valence electrons. The van der Waals surface area contributed by atoms with Crippen LogP contribution in [0.4, 0.5) is 0 Å². The van der Waals surface area contributed by atoms with Crippen molar-refractivity contribution in [2.75, 3.05) is 0 Å². The second-order valence-corrected chi connectivity index (χ2v) is 33.3. The van der Waals surface area contributed by atoms with E-state index in [1.807, 2.05) is 18.2 Å². The third kappa shape index (κ3) is 11.0. The van der Waals surface area contributed by atoms with Crippen molar-refractivity contribution >= 4 is 25.8 Å². The SMILES string of the molecule is CC(C)(C)c1ccc(-c2ccc3c(c2-c2ccc(C(C)(C)C)cc2C(C)(C)C)-c2c(-c4ccc(C(C)(C)C)cc4C(C)(C)C)c(-c4ccc(C(C)(C)C)cc4C(C)(C)C)c(P(=O)(O)O)c(P(=O)(O)O)c2-3)c(C(C)(C)C)c1. The molecule has 0 amide bonds. The van der Waals surface area contributed by atoms with Crippen LogP contribution in [-0.4, -0.2) is 19.6 Å². The predicted molar refractivity (Wildman–Crippen MR) is 326 cm³/mol. The first-order valence-corrected chi connectivity index (χ1v) is 30.4. The summed E-state index contributed by atoms with van der Waals surface area (Å²) in [6.07, 6.45) is 0. The van der Waals surface area contributed by atoms with Crippen LogP contribution in [-0.2, 0) is 52.5 Å². The van der Waals surface area contributed by atoms with Crippen molar-refractivity contribution in [1.29, 1.82) is 0 Å². The Bertz CT molecular complexity index is 3410. The highest BCUT2D eigenvalue weighted by molar-refractivity contribution is 7.67. The molecule has 0 atom stereocenters. The first-order valence-electron chi connectivity index (χ1n) is 27.2. The van der Waals surface area contributed by atoms with E-state index in [4.69, 9.17) is 0 Å². The van der Waals surface area contributed by atoms with E-state index in [2.05, 4.69) is 233 Å². The lowest BCUT2D eigenvalue weighted by atomic mass is 9.65. The monoisotopic (exact) mass is 1060 g/mol. The molecule has 1 aliphatic carbocycles. The van der Waals surface area contributed by atoms with E-state index in [9.17, 15) is 28.7 Å². The maximum atomic E-state index is 14.9. The van der Waals surface area contributed by atoms with Gasteiger partial charge in [-0.1, -0.05) is 251 Å². The third-order valence-electron chi connectivity index (χ3n) is 15.6. The number of hydrogen-bond acceptors (Lipinski definition) is 2. The van der Waals surface area contributed by atoms with Gasteiger partial charge in [-0.05, 0) is 138 Å². The molecule has 4 N–H and O–H groups in total. The molecule has 0 aliphatic heterocycles. The van der Waals surface area contributed by atoms with Gasteiger partial charge < -0.3 is 19.6 Å². The van der Waals surface area contributed by atoms with Gasteiger partial charge in [0.15, 0.2) is 0 Å². The zero-order chi connectivity index (χ0) is 57.6. The van der Waals surface area contributed by atoms with Gasteiger partial charge in [-0.3, -0.25) is 9.13 Å². The van der Waals surface area contributed by atoms with E-state index in [0.717, 1.165) is 61.2 Å². The fourth-order valence-corrected chi connectivity index (χ4v) is 13.9. The standard InChI is InChI=1S/C68H90O6P2/c1-61(2,3)39-25-29-43(49(35-39)65(13,14)15)44-33-34-48-55(53(44)45-30-26-40(62(4,5)6)36-50(45)66(16,17)18)58-54(46-31-27-41(63(7,8)9)37-51(46)67(19,20)21)56(59(75(69,70)71)60(57(48)58)76(72,73)74)47-32-28-42(64(10,11)12)38-52(47)68(22,23)24/h25-38H,1-24H3,(H2,69,70,71)(H2,72,73,74). The fourth-order valence-electron chi connectivity index (χ4n) is 11.3. The van der Waals surface area contributed by atoms with Gasteiger partial charge in [-0.15, -0.1) is 0 Å². The van der Waals surface area contributed by atoms with Crippen molar-refractivity contribution in [3.05, 3.63) is 129 Å². The average molecular weight is 1070 g/mol. The van der Waals surface area contributed by atoms with E-state index in [-0.39, 0.29) is 43.6 Å². The minimum Gasteiger partial charge on any atom is -0.321 e. The lowest BCUT2D eigenvalue weighted by Gasteiger charge is -2.40. The van der Waals surface area contributed by atoms with E-state index in [1.165, 1.54) is 16.7 Å². The van der Waals surface area contributed by atoms with Crippen LogP contribution in [0.1, 0.15) is 211 Å². The summed E-state index contributed by atoms with van der Waals surface area (Å²) in [5.74, 6) is 0. The maximum absolute atomic E-state index is 14.9. The van der Waals surface area contributed by atoms with Gasteiger partial charge in [0.25, 0.3) is 0 Å². The number of benzene rings is 6. The van der Waals surface area contributed by atoms with Crippen molar-refractivity contribution in [2.24, 2.45) is 0 Å². The molecular weight excluding hydrogens is 975 g/mol. The predicted octanol–water partition coefficient (Wildman–Crippen LogP) is 18.0. The smallest absolute Gasteiger partial charge is 0.321 e. The molecule has 0 aromatic heterocycles. The highest BCUT2D eigenvalue weighted by Crippen LogP contribution is 2.64. The molecule has 1 aliphatic rings. The summed E-state index contributed by atoms with van der Waals surface area (Å²) in [6.45, 7) is 52.6. The molecule has 0 saturated carbocycles. The van der Waals surface area contributed by atoms with Gasteiger partial charge >= 0.3 is 15.2 Å². The van der Waals surface area contributed by atoms with Crippen molar-refractivity contribution in [3.8, 4) is 66.8 Å². The molecule has 0 unspecified atom stereocenters. The largest absolute Gasteiger partial charge is 0.357 e. The molecule has 6 aromatic carbocycles. The Balaban J connectivity index is 1.91. The van der Waals surface area contributed by atoms with Crippen LogP contribution in [0.2, 0.25) is 0 Å². The molecular formula is C68H90O6P2. The Morgan fingerprint density at radius 2 is 0.487 bits per heavy atom. The van der Waals surface area contributed by atoms with Crippen LogP contribution in [0.5, 0.6) is 0 Å². The minimum atomic E-state index is -5.55. The first-order chi connectivity index (χ1) is 34.1. The summed E-state index contributed by atoms with van der Waals surface area (Å²) < 4.78 is 29.7. The second-order valence-electron chi connectivity index (χ2n) is 30.2. The van der Waals surface area contributed by atoms with Crippen LogP contribution in [0.3, 0.4) is 0 Å². The summed E-state index contributed by atoms with van der Waals surface area (Å²) in [7, 11) is -11.1. The van der Waals surface area contributed by atoms with Gasteiger partial charge in [0.1, 0.15) is 0 Å². The Morgan fingerprint density at radius 1 is 0.250 bits per heavy atom. The number of hydrogen-bond donors (Lipinski definition) is 4. The van der Waals surface area contributed by atoms with Crippen molar-refractivity contribution < 1.29 is 28.7 Å². The van der Waals surface area contributed by atoms with Crippen molar-refractivity contribution in [1.82, 2.24) is 0 Å². The lowest BCUT2D eigenvalue weighted by Crippen LogP contribution is -2.34. The van der Waals surface area contributed by atoms with Gasteiger partial charge in [-0.2, -0.15) is 0 Å². The quantitative estimate of drug-likeness (QED) is 0.123. The van der Waals surface area contributed by atoms with Crippen LogP contribution in [0.15, 0.2) is 84.9 Å². The van der Waals surface area contributed by atoms with E-state index < -0.39 is 36.6 Å². The second kappa shape index (κ2) is 18.6. The highest BCUT2D eigenvalue weighted by Gasteiger charge is 2.48. The summed E-state index contributed by atoms with van der Waals surface area (Å²) in [6, 6.07) is 30.2. The Labute approximate surface area is 457 Å². The molecule has 0 fully saturated rings. The summed E-state index contributed by atoms with van der Waals surface area (Å²) in [4.78, 5) is 48.1. The molecule has 76 heavy (non-hydrogen) atoms. The molecule has 0 radical (unpaired) electrons. The molecule has 6 aromatic rings. The number of fused-ring (bicyclic) bond motifs is 4. The van der Waals surface area contributed by atoms with Crippen LogP contribution >= 0.6 is 15.2 Å². The zero-order valence-corrected chi connectivity index (χ0v) is 52.4. The van der Waals surface area contributed by atoms with E-state index in [1.54, 1.807) is 0 Å². The van der Waals surface area contributed by atoms with Crippen molar-refractivity contribution in [2.45, 2.75) is 209 Å². The topological polar surface area (TPSA) is 115 Å². The molecule has 0 bridgehead atoms. The molecule has 0 spiro atoms. The van der Waals surface area contributed by atoms with E-state index in [0.29, 0.717) is 22.3 Å². The van der Waals surface area contributed by atoms with Crippen molar-refractivity contribution in [3.63, 3.8) is 0 Å². The maximum Gasteiger partial charge on any atom is 0.357 e. The summed E-state index contributed by atoms with van der Waals surface area (Å²) >= 11 is 0. The molecule has 7 rings (SSSR count). The molecule has 0 saturated heterocycles. The van der Waals surface area contributed by atoms with Crippen LogP contribution < -0.4 is 10.6 Å². The first kappa shape index (κ1) is 59.3. The molecule has 8 heteroatoms. The van der Waals surface area contributed by atoms with E-state index >= 15 is 0 Å². The molecule has 0 heterocycles. The highest BCUT2D eigenvalue weighted by atomic mass is 31.2. The Hall–Kier alpha value is -4.38. The Kier molecular flexibility index (Phi) is 14.5. The van der Waals surface area contributed by atoms with Gasteiger partial charge in [0.2, 0.25) is 0 Å². The lowest BCUT2D eigenvalue weighted by molar-refractivity contribution is 0.381. The Morgan fingerprint density at radius 3 is 0.776 bits per heavy atom. The summed E-state index contributed by atoms with van der Waals surface area (Å²) in [5, 5.41) is -1.24. The zero-order valence-electron chi connectivity index (χ0n) is 50.6. The fraction of sp³-hybridized carbons (Fsp3) is 0.471. The average Bonchev–Trinajstić information content (AvgIpc) is 3.23. The minimum absolute atomic E-state index is 0.131.